The van der Waals surface area contributed by atoms with Crippen LogP contribution >= 0.6 is 12.4 Å². The quantitative estimate of drug-likeness (QED) is 0.664. The topological polar surface area (TPSA) is 18.8 Å². The van der Waals surface area contributed by atoms with Gasteiger partial charge in [0.15, 0.2) is 5.96 Å². The van der Waals surface area contributed by atoms with Crippen molar-refractivity contribution in [1.29, 1.82) is 0 Å². The summed E-state index contributed by atoms with van der Waals surface area (Å²) in [6.45, 7) is 9.13. The van der Waals surface area contributed by atoms with Gasteiger partial charge < -0.3 is 9.80 Å². The molecule has 0 aromatic heterocycles. The molecule has 4 heteroatoms. The van der Waals surface area contributed by atoms with Gasteiger partial charge >= 0.3 is 0 Å². The molecule has 0 N–H and O–H groups in total. The Morgan fingerprint density at radius 3 is 2.57 bits per heavy atom. The van der Waals surface area contributed by atoms with E-state index in [1.54, 1.807) is 0 Å². The van der Waals surface area contributed by atoms with Gasteiger partial charge in [0.2, 0.25) is 0 Å². The van der Waals surface area contributed by atoms with E-state index in [0.717, 1.165) is 6.54 Å². The zero-order chi connectivity index (χ0) is 9.26. The molecule has 0 aromatic rings. The molecular weight excluding hydrogens is 198 g/mol. The van der Waals surface area contributed by atoms with Gasteiger partial charge in [0.25, 0.3) is 0 Å². The number of hydrogen-bond donors (Lipinski definition) is 0. The molecule has 1 saturated heterocycles. The maximum Gasteiger partial charge on any atom is 0.196 e. The number of hydrogen-bond acceptors (Lipinski definition) is 3. The number of rotatable bonds is 1. The summed E-state index contributed by atoms with van der Waals surface area (Å²) in [4.78, 5) is 9.49. The number of fused-ring (bicyclic) bond motifs is 1. The molecule has 0 aromatic carbocycles. The Labute approximate surface area is 92.6 Å². The van der Waals surface area contributed by atoms with Crippen molar-refractivity contribution in [2.24, 2.45) is 4.99 Å². The Bertz CT molecular complexity index is 215. The van der Waals surface area contributed by atoms with Gasteiger partial charge in [-0.05, 0) is 26.7 Å². The van der Waals surface area contributed by atoms with Gasteiger partial charge in [-0.25, -0.2) is 0 Å². The van der Waals surface area contributed by atoms with Gasteiger partial charge in [0.05, 0.1) is 0 Å². The first kappa shape index (κ1) is 11.6. The van der Waals surface area contributed by atoms with Gasteiger partial charge in [-0.3, -0.25) is 4.99 Å². The van der Waals surface area contributed by atoms with E-state index in [1.165, 1.54) is 38.4 Å². The summed E-state index contributed by atoms with van der Waals surface area (Å²) in [6.07, 6.45) is 2.52. The van der Waals surface area contributed by atoms with E-state index < -0.39 is 0 Å². The van der Waals surface area contributed by atoms with Crippen LogP contribution in [0.1, 0.15) is 26.7 Å². The number of halogens is 1. The highest BCUT2D eigenvalue weighted by Gasteiger charge is 2.26. The van der Waals surface area contributed by atoms with Crippen LogP contribution in [0.15, 0.2) is 4.99 Å². The highest BCUT2D eigenvalue weighted by Crippen LogP contribution is 2.15. The monoisotopic (exact) mass is 217 g/mol. The van der Waals surface area contributed by atoms with Crippen LogP contribution in [-0.4, -0.2) is 48.0 Å². The van der Waals surface area contributed by atoms with Crippen LogP contribution in [0, 0.1) is 0 Å². The summed E-state index contributed by atoms with van der Waals surface area (Å²) in [5.74, 6) is 1.26. The molecule has 2 aliphatic rings. The zero-order valence-corrected chi connectivity index (χ0v) is 9.89. The molecule has 0 spiro atoms. The molecule has 2 aliphatic heterocycles. The van der Waals surface area contributed by atoms with E-state index in [2.05, 4.69) is 28.6 Å². The van der Waals surface area contributed by atoms with E-state index in [-0.39, 0.29) is 12.4 Å². The van der Waals surface area contributed by atoms with Crippen molar-refractivity contribution < 1.29 is 0 Å². The van der Waals surface area contributed by atoms with E-state index >= 15 is 0 Å². The second-order valence-corrected chi connectivity index (χ2v) is 4.16. The molecule has 0 atom stereocenters. The molecule has 82 valence electrons. The predicted molar refractivity (Wildman–Crippen MR) is 62.2 cm³/mol. The van der Waals surface area contributed by atoms with E-state index in [1.807, 2.05) is 0 Å². The lowest BCUT2D eigenvalue weighted by Crippen LogP contribution is -2.54. The lowest BCUT2D eigenvalue weighted by atomic mass is 10.2. The van der Waals surface area contributed by atoms with Gasteiger partial charge in [-0.15, -0.1) is 12.4 Å². The van der Waals surface area contributed by atoms with Crippen molar-refractivity contribution in [1.82, 2.24) is 9.80 Å². The van der Waals surface area contributed by atoms with Crippen LogP contribution in [-0.2, 0) is 0 Å². The molecule has 1 fully saturated rings. The van der Waals surface area contributed by atoms with Crippen molar-refractivity contribution in [3.8, 4) is 0 Å². The van der Waals surface area contributed by atoms with Crippen LogP contribution in [0.4, 0.5) is 0 Å². The summed E-state index contributed by atoms with van der Waals surface area (Å²) >= 11 is 0. The number of guanidine groups is 1. The van der Waals surface area contributed by atoms with Gasteiger partial charge in [-0.2, -0.15) is 0 Å². The summed E-state index contributed by atoms with van der Waals surface area (Å²) in [5, 5.41) is 0. The fourth-order valence-corrected chi connectivity index (χ4v) is 2.15. The molecule has 0 saturated carbocycles. The van der Waals surface area contributed by atoms with Crippen molar-refractivity contribution in [3.63, 3.8) is 0 Å². The highest BCUT2D eigenvalue weighted by molar-refractivity contribution is 5.85. The minimum atomic E-state index is 0. The number of nitrogens with zero attached hydrogens (tertiary/aromatic N) is 3. The molecule has 2 heterocycles. The molecule has 14 heavy (non-hydrogen) atoms. The third kappa shape index (κ3) is 2.14. The third-order valence-corrected chi connectivity index (χ3v) is 2.83. The lowest BCUT2D eigenvalue weighted by Gasteiger charge is -2.43. The molecule has 0 bridgehead atoms. The maximum atomic E-state index is 4.62. The zero-order valence-electron chi connectivity index (χ0n) is 9.07. The molecule has 0 aliphatic carbocycles. The minimum Gasteiger partial charge on any atom is -0.343 e. The molecule has 0 unspecified atom stereocenters. The molecule has 2 rings (SSSR count). The first-order valence-corrected chi connectivity index (χ1v) is 5.35. The molecular formula is C10H20ClN3. The summed E-state index contributed by atoms with van der Waals surface area (Å²) in [6, 6.07) is 0.597. The van der Waals surface area contributed by atoms with Gasteiger partial charge in [0.1, 0.15) is 0 Å². The molecule has 0 radical (unpaired) electrons. The van der Waals surface area contributed by atoms with Crippen molar-refractivity contribution in [2.75, 3.05) is 26.2 Å². The maximum absolute atomic E-state index is 4.62. The SMILES string of the molecule is CC(C)N1CCCN2CCCN=C21.Cl. The summed E-state index contributed by atoms with van der Waals surface area (Å²) in [5.41, 5.74) is 0. The Hall–Kier alpha value is -0.440. The van der Waals surface area contributed by atoms with Crippen LogP contribution in [0.25, 0.3) is 0 Å². The fourth-order valence-electron chi connectivity index (χ4n) is 2.15. The second kappa shape index (κ2) is 4.87. The highest BCUT2D eigenvalue weighted by atomic mass is 35.5. The van der Waals surface area contributed by atoms with Crippen LogP contribution < -0.4 is 0 Å². The summed E-state index contributed by atoms with van der Waals surface area (Å²) in [7, 11) is 0. The largest absolute Gasteiger partial charge is 0.343 e. The Morgan fingerprint density at radius 1 is 1.14 bits per heavy atom. The van der Waals surface area contributed by atoms with Crippen LogP contribution in [0.3, 0.4) is 0 Å². The average molecular weight is 218 g/mol. The van der Waals surface area contributed by atoms with Crippen molar-refractivity contribution in [2.45, 2.75) is 32.7 Å². The smallest absolute Gasteiger partial charge is 0.196 e. The Balaban J connectivity index is 0.000000980. The van der Waals surface area contributed by atoms with Crippen LogP contribution in [0.5, 0.6) is 0 Å². The fraction of sp³-hybridized carbons (Fsp3) is 0.900. The van der Waals surface area contributed by atoms with Crippen LogP contribution in [0.2, 0.25) is 0 Å². The first-order chi connectivity index (χ1) is 6.29. The second-order valence-electron chi connectivity index (χ2n) is 4.16. The molecule has 0 amide bonds. The van der Waals surface area contributed by atoms with E-state index in [9.17, 15) is 0 Å². The predicted octanol–water partition coefficient (Wildman–Crippen LogP) is 1.58. The van der Waals surface area contributed by atoms with Gasteiger partial charge in [0, 0.05) is 32.2 Å². The Morgan fingerprint density at radius 2 is 1.86 bits per heavy atom. The Kier molecular flexibility index (Phi) is 4.05. The minimum absolute atomic E-state index is 0. The van der Waals surface area contributed by atoms with E-state index in [0.29, 0.717) is 6.04 Å². The standard InChI is InChI=1S/C10H19N3.ClH/c1-9(2)13-8-4-7-12-6-3-5-11-10(12)13;/h9H,3-8H2,1-2H3;1H. The van der Waals surface area contributed by atoms with Gasteiger partial charge in [-0.1, -0.05) is 0 Å². The third-order valence-electron chi connectivity index (χ3n) is 2.83. The lowest BCUT2D eigenvalue weighted by molar-refractivity contribution is 0.216. The number of aliphatic imine (C=N–C) groups is 1. The summed E-state index contributed by atoms with van der Waals surface area (Å²) < 4.78 is 0. The normalized spacial score (nSPS) is 21.5. The van der Waals surface area contributed by atoms with Crippen molar-refractivity contribution >= 4 is 18.4 Å². The average Bonchev–Trinajstić information content (AvgIpc) is 2.17. The van der Waals surface area contributed by atoms with Crippen molar-refractivity contribution in [3.05, 3.63) is 0 Å². The first-order valence-electron chi connectivity index (χ1n) is 5.35. The molecule has 3 nitrogen and oxygen atoms in total. The van der Waals surface area contributed by atoms with E-state index in [4.69, 9.17) is 0 Å².